The van der Waals surface area contributed by atoms with Crippen molar-refractivity contribution >= 4 is 17.3 Å². The molecule has 1 N–H and O–H groups in total. The van der Waals surface area contributed by atoms with Crippen LogP contribution in [0, 0.1) is 6.92 Å². The maximum absolute atomic E-state index is 13.0. The summed E-state index contributed by atoms with van der Waals surface area (Å²) in [7, 11) is 0. The molecule has 0 aliphatic heterocycles. The summed E-state index contributed by atoms with van der Waals surface area (Å²) in [6, 6.07) is 5.99. The average molecular weight is 455 g/mol. The van der Waals surface area contributed by atoms with Crippen molar-refractivity contribution in [2.45, 2.75) is 39.9 Å². The monoisotopic (exact) mass is 455 g/mol. The molecular formula is C24H24F3N5O. The fraction of sp³-hybridized carbons (Fsp3) is 0.250. The Morgan fingerprint density at radius 3 is 2.61 bits per heavy atom. The van der Waals surface area contributed by atoms with Gasteiger partial charge in [-0.25, -0.2) is 9.97 Å². The summed E-state index contributed by atoms with van der Waals surface area (Å²) in [5.74, 6) is 0.0748. The van der Waals surface area contributed by atoms with Gasteiger partial charge >= 0.3 is 6.18 Å². The number of carbonyl (C=O) groups excluding carboxylic acids is 1. The van der Waals surface area contributed by atoms with Crippen molar-refractivity contribution in [1.82, 2.24) is 19.5 Å². The van der Waals surface area contributed by atoms with Gasteiger partial charge in [-0.05, 0) is 55.7 Å². The molecule has 172 valence electrons. The summed E-state index contributed by atoms with van der Waals surface area (Å²) < 4.78 is 40.4. The SMILES string of the molecule is C/C=C(\C=C/CC)c1ccc(NC(=O)Cn2cnc(-c3ccnc(C(F)(F)F)c3)c2C)nc1. The first kappa shape index (κ1) is 23.9. The van der Waals surface area contributed by atoms with E-state index < -0.39 is 11.9 Å². The number of nitrogens with zero attached hydrogens (tertiary/aromatic N) is 4. The Morgan fingerprint density at radius 2 is 1.97 bits per heavy atom. The highest BCUT2D eigenvalue weighted by Crippen LogP contribution is 2.31. The molecule has 0 aromatic carbocycles. The Morgan fingerprint density at radius 1 is 1.18 bits per heavy atom. The smallest absolute Gasteiger partial charge is 0.325 e. The van der Waals surface area contributed by atoms with Crippen LogP contribution in [0.15, 0.2) is 61.2 Å². The van der Waals surface area contributed by atoms with Crippen LogP contribution in [0.3, 0.4) is 0 Å². The predicted molar refractivity (Wildman–Crippen MR) is 121 cm³/mol. The predicted octanol–water partition coefficient (Wildman–Crippen LogP) is 5.68. The van der Waals surface area contributed by atoms with E-state index in [2.05, 4.69) is 33.3 Å². The number of nitrogens with one attached hydrogen (secondary N) is 1. The van der Waals surface area contributed by atoms with Crippen molar-refractivity contribution in [3.05, 3.63) is 78.2 Å². The average Bonchev–Trinajstić information content (AvgIpc) is 3.14. The molecule has 3 rings (SSSR count). The number of pyridine rings is 2. The molecule has 0 radical (unpaired) electrons. The summed E-state index contributed by atoms with van der Waals surface area (Å²) in [6.45, 7) is 5.64. The van der Waals surface area contributed by atoms with Gasteiger partial charge in [0, 0.05) is 23.7 Å². The molecule has 1 amide bonds. The number of amides is 1. The zero-order valence-electron chi connectivity index (χ0n) is 18.5. The lowest BCUT2D eigenvalue weighted by atomic mass is 10.1. The second kappa shape index (κ2) is 10.2. The first-order valence-electron chi connectivity index (χ1n) is 10.4. The van der Waals surface area contributed by atoms with Crippen LogP contribution < -0.4 is 5.32 Å². The first-order valence-corrected chi connectivity index (χ1v) is 10.4. The fourth-order valence-electron chi connectivity index (χ4n) is 3.20. The van der Waals surface area contributed by atoms with Crippen molar-refractivity contribution in [2.24, 2.45) is 0 Å². The number of hydrogen-bond donors (Lipinski definition) is 1. The number of hydrogen-bond acceptors (Lipinski definition) is 4. The van der Waals surface area contributed by atoms with Gasteiger partial charge in [0.2, 0.25) is 5.91 Å². The van der Waals surface area contributed by atoms with E-state index in [0.717, 1.165) is 29.8 Å². The van der Waals surface area contributed by atoms with Gasteiger partial charge in [0.25, 0.3) is 0 Å². The highest BCUT2D eigenvalue weighted by molar-refractivity contribution is 5.90. The molecule has 0 aliphatic rings. The minimum atomic E-state index is -4.55. The second-order valence-corrected chi connectivity index (χ2v) is 7.27. The van der Waals surface area contributed by atoms with Crippen molar-refractivity contribution < 1.29 is 18.0 Å². The Bertz CT molecular complexity index is 1180. The molecule has 0 bridgehead atoms. The van der Waals surface area contributed by atoms with Crippen LogP contribution in [0.2, 0.25) is 0 Å². The molecule has 33 heavy (non-hydrogen) atoms. The summed E-state index contributed by atoms with van der Waals surface area (Å²) in [5, 5.41) is 2.73. The van der Waals surface area contributed by atoms with Crippen LogP contribution in [0.5, 0.6) is 0 Å². The standard InChI is InChI=1S/C24H24F3N5O/c1-4-6-7-17(5-2)19-8-9-21(29-13-19)31-22(33)14-32-15-30-23(16(32)3)18-10-11-28-20(12-18)24(25,26)27/h5-13,15H,4,14H2,1-3H3,(H,29,31,33)/b7-6-,17-5+. The minimum Gasteiger partial charge on any atom is -0.325 e. The lowest BCUT2D eigenvalue weighted by Gasteiger charge is -2.09. The molecular weight excluding hydrogens is 431 g/mol. The fourth-order valence-corrected chi connectivity index (χ4v) is 3.20. The van der Waals surface area contributed by atoms with Crippen molar-refractivity contribution in [2.75, 3.05) is 5.32 Å². The molecule has 9 heteroatoms. The molecule has 0 aliphatic carbocycles. The summed E-state index contributed by atoms with van der Waals surface area (Å²) in [6.07, 6.45) is 6.66. The molecule has 3 aromatic heterocycles. The molecule has 3 heterocycles. The van der Waals surface area contributed by atoms with E-state index in [1.807, 2.05) is 25.1 Å². The van der Waals surface area contributed by atoms with Gasteiger partial charge in [0.15, 0.2) is 0 Å². The van der Waals surface area contributed by atoms with E-state index in [0.29, 0.717) is 17.2 Å². The maximum Gasteiger partial charge on any atom is 0.433 e. The second-order valence-electron chi connectivity index (χ2n) is 7.27. The van der Waals surface area contributed by atoms with Crippen LogP contribution >= 0.6 is 0 Å². The van der Waals surface area contributed by atoms with Gasteiger partial charge in [0.05, 0.1) is 12.0 Å². The highest BCUT2D eigenvalue weighted by atomic mass is 19.4. The third-order valence-electron chi connectivity index (χ3n) is 4.95. The van der Waals surface area contributed by atoms with Crippen LogP contribution in [0.1, 0.15) is 37.2 Å². The van der Waals surface area contributed by atoms with Crippen LogP contribution in [-0.4, -0.2) is 25.4 Å². The Labute approximate surface area is 189 Å². The largest absolute Gasteiger partial charge is 0.433 e. The number of carbonyl (C=O) groups is 1. The van der Waals surface area contributed by atoms with Crippen LogP contribution in [-0.2, 0) is 17.5 Å². The topological polar surface area (TPSA) is 72.7 Å². The van der Waals surface area contributed by atoms with Crippen molar-refractivity contribution in [3.63, 3.8) is 0 Å². The Hall–Kier alpha value is -3.75. The molecule has 3 aromatic rings. The van der Waals surface area contributed by atoms with Gasteiger partial charge in [-0.2, -0.15) is 13.2 Å². The number of halogens is 3. The zero-order chi connectivity index (χ0) is 24.0. The van der Waals surface area contributed by atoms with Gasteiger partial charge in [-0.15, -0.1) is 0 Å². The van der Waals surface area contributed by atoms with Gasteiger partial charge < -0.3 is 9.88 Å². The van der Waals surface area contributed by atoms with Crippen molar-refractivity contribution in [3.8, 4) is 11.3 Å². The lowest BCUT2D eigenvalue weighted by molar-refractivity contribution is -0.141. The molecule has 6 nitrogen and oxygen atoms in total. The number of anilines is 1. The molecule has 0 spiro atoms. The van der Waals surface area contributed by atoms with E-state index in [4.69, 9.17) is 0 Å². The van der Waals surface area contributed by atoms with Crippen LogP contribution in [0.4, 0.5) is 19.0 Å². The van der Waals surface area contributed by atoms with Gasteiger partial charge in [-0.1, -0.05) is 25.2 Å². The first-order chi connectivity index (χ1) is 15.7. The zero-order valence-corrected chi connectivity index (χ0v) is 18.5. The van der Waals surface area contributed by atoms with E-state index >= 15 is 0 Å². The molecule has 0 unspecified atom stereocenters. The number of alkyl halides is 3. The van der Waals surface area contributed by atoms with Crippen LogP contribution in [0.25, 0.3) is 16.8 Å². The van der Waals surface area contributed by atoms with E-state index in [9.17, 15) is 18.0 Å². The Balaban J connectivity index is 1.70. The van der Waals surface area contributed by atoms with E-state index in [-0.39, 0.29) is 18.0 Å². The van der Waals surface area contributed by atoms with Crippen molar-refractivity contribution in [1.29, 1.82) is 0 Å². The lowest BCUT2D eigenvalue weighted by Crippen LogP contribution is -2.19. The summed E-state index contributed by atoms with van der Waals surface area (Å²) >= 11 is 0. The quantitative estimate of drug-likeness (QED) is 0.466. The molecule has 0 fully saturated rings. The summed E-state index contributed by atoms with van der Waals surface area (Å²) in [5.41, 5.74) is 2.18. The third kappa shape index (κ3) is 5.94. The van der Waals surface area contributed by atoms with Gasteiger partial charge in [0.1, 0.15) is 18.1 Å². The number of allylic oxidation sites excluding steroid dienone is 4. The van der Waals surface area contributed by atoms with E-state index in [1.54, 1.807) is 23.8 Å². The van der Waals surface area contributed by atoms with E-state index in [1.165, 1.54) is 12.4 Å². The number of aromatic nitrogens is 4. The molecule has 0 saturated carbocycles. The summed E-state index contributed by atoms with van der Waals surface area (Å²) in [4.78, 5) is 24.4. The van der Waals surface area contributed by atoms with Gasteiger partial charge in [-0.3, -0.25) is 9.78 Å². The third-order valence-corrected chi connectivity index (χ3v) is 4.95. The highest BCUT2D eigenvalue weighted by Gasteiger charge is 2.32. The minimum absolute atomic E-state index is 0.0567. The molecule has 0 atom stereocenters. The normalized spacial score (nSPS) is 12.4. The number of imidazole rings is 1. The number of rotatable bonds is 7. The Kier molecular flexibility index (Phi) is 7.42. The maximum atomic E-state index is 13.0. The molecule has 0 saturated heterocycles.